The Labute approximate surface area is 330 Å². The van der Waals surface area contributed by atoms with Crippen LogP contribution in [-0.4, -0.2) is 40.8 Å². The van der Waals surface area contributed by atoms with Crippen molar-refractivity contribution in [1.29, 1.82) is 0 Å². The molecule has 5 aromatic rings. The molecule has 0 aliphatic carbocycles. The van der Waals surface area contributed by atoms with Crippen molar-refractivity contribution in [2.75, 3.05) is 20.2 Å². The van der Waals surface area contributed by atoms with Crippen LogP contribution in [0.25, 0.3) is 33.2 Å². The van der Waals surface area contributed by atoms with E-state index in [4.69, 9.17) is 4.74 Å². The van der Waals surface area contributed by atoms with E-state index in [0.29, 0.717) is 72.4 Å². The van der Waals surface area contributed by atoms with E-state index >= 15 is 0 Å². The number of hydrogen-bond donors (Lipinski definition) is 1. The second-order valence-electron chi connectivity index (χ2n) is 15.3. The van der Waals surface area contributed by atoms with Crippen molar-refractivity contribution in [1.82, 2.24) is 4.98 Å². The van der Waals surface area contributed by atoms with Gasteiger partial charge in [0.2, 0.25) is 0 Å². The molecule has 3 aliphatic rings. The SMILES string of the molecule is C=CC1C[N+]2(Cc3cc(-c4cc(C(F)(F)F)cc(C(F)(F)F)c4)cc(-c4cc(C(F)(F)F)cc(C(F)(F)F)c4)c3)CCC1C[C@@H]2[C@@H](O)c1ccnc2ccc(OC)cc12. The van der Waals surface area contributed by atoms with Crippen LogP contribution in [0.2, 0.25) is 0 Å². The molecule has 4 heterocycles. The molecule has 4 nitrogen and oxygen atoms in total. The Bertz CT molecular complexity index is 2240. The number of halogens is 12. The Morgan fingerprint density at radius 3 is 1.71 bits per heavy atom. The van der Waals surface area contributed by atoms with Crippen molar-refractivity contribution in [3.8, 4) is 28.0 Å². The van der Waals surface area contributed by atoms with Crippen LogP contribution in [-0.2, 0) is 31.2 Å². The van der Waals surface area contributed by atoms with Gasteiger partial charge >= 0.3 is 24.7 Å². The summed E-state index contributed by atoms with van der Waals surface area (Å²) in [5.74, 6) is 0.504. The number of aliphatic hydroxyl groups is 1. The Morgan fingerprint density at radius 1 is 0.729 bits per heavy atom. The summed E-state index contributed by atoms with van der Waals surface area (Å²) in [6.07, 6.45) is -17.7. The van der Waals surface area contributed by atoms with Crippen LogP contribution in [0, 0.1) is 11.8 Å². The van der Waals surface area contributed by atoms with Gasteiger partial charge in [-0.25, -0.2) is 0 Å². The van der Waals surface area contributed by atoms with E-state index in [1.165, 1.54) is 25.4 Å². The highest BCUT2D eigenvalue weighted by Crippen LogP contribution is 2.49. The number of ether oxygens (including phenoxy) is 1. The number of nitrogens with zero attached hydrogens (tertiary/aromatic N) is 2. The van der Waals surface area contributed by atoms with Crippen molar-refractivity contribution < 1.29 is 67.0 Å². The molecule has 3 saturated heterocycles. The Balaban J connectivity index is 1.44. The topological polar surface area (TPSA) is 42.4 Å². The number of quaternary nitrogens is 1. The fourth-order valence-corrected chi connectivity index (χ4v) is 8.84. The summed E-state index contributed by atoms with van der Waals surface area (Å²) in [6, 6.07) is 11.5. The summed E-state index contributed by atoms with van der Waals surface area (Å²) >= 11 is 0. The molecule has 1 N–H and O–H groups in total. The summed E-state index contributed by atoms with van der Waals surface area (Å²) in [4.78, 5) is 4.40. The molecule has 3 aliphatic heterocycles. The van der Waals surface area contributed by atoms with E-state index in [1.807, 2.05) is 0 Å². The largest absolute Gasteiger partial charge is 0.497 e. The predicted molar refractivity (Wildman–Crippen MR) is 194 cm³/mol. The van der Waals surface area contributed by atoms with Crippen molar-refractivity contribution in [2.45, 2.75) is 56.2 Å². The third-order valence-corrected chi connectivity index (χ3v) is 11.7. The number of benzene rings is 4. The van der Waals surface area contributed by atoms with Crippen LogP contribution in [0.3, 0.4) is 0 Å². The van der Waals surface area contributed by atoms with Gasteiger partial charge in [-0.1, -0.05) is 6.08 Å². The quantitative estimate of drug-likeness (QED) is 0.0961. The van der Waals surface area contributed by atoms with Crippen LogP contribution in [0.1, 0.15) is 52.3 Å². The van der Waals surface area contributed by atoms with Crippen LogP contribution < -0.4 is 4.74 Å². The standard InChI is InChI=1S/C43H35F12N2O2/c1-3-24-22-57(9-7-25(24)17-38(57)39(58)35-6-8-56-37-5-4-34(59-2)20-36(35)37)21-23-10-26(28-13-30(40(44,45)46)18-31(14-28)41(47,48)49)12-27(11-23)29-15-32(42(50,51)52)19-33(16-29)43(53,54)55/h3-6,8,10-16,18-20,24-25,38-39,58H,1,7,9,17,21-22H2,2H3/q+1/t24?,25?,38-,39+,57?/m1/s1. The summed E-state index contributed by atoms with van der Waals surface area (Å²) in [6.45, 7) is 4.75. The van der Waals surface area contributed by atoms with Gasteiger partial charge in [0.05, 0.1) is 48.0 Å². The van der Waals surface area contributed by atoms with Gasteiger partial charge in [-0.05, 0) is 113 Å². The Hall–Kier alpha value is -5.09. The highest BCUT2D eigenvalue weighted by molar-refractivity contribution is 5.84. The zero-order valence-corrected chi connectivity index (χ0v) is 31.0. The fraction of sp³-hybridized carbons (Fsp3) is 0.326. The summed E-state index contributed by atoms with van der Waals surface area (Å²) < 4.78 is 174. The molecule has 0 amide bonds. The average molecular weight is 840 g/mol. The van der Waals surface area contributed by atoms with Gasteiger partial charge in [0.15, 0.2) is 0 Å². The van der Waals surface area contributed by atoms with E-state index in [2.05, 4.69) is 11.6 Å². The number of methoxy groups -OCH3 is 1. The van der Waals surface area contributed by atoms with Crippen molar-refractivity contribution in [3.63, 3.8) is 0 Å². The monoisotopic (exact) mass is 839 g/mol. The van der Waals surface area contributed by atoms with Crippen molar-refractivity contribution in [3.05, 3.63) is 131 Å². The van der Waals surface area contributed by atoms with Crippen molar-refractivity contribution in [2.24, 2.45) is 11.8 Å². The molecule has 5 atom stereocenters. The zero-order chi connectivity index (χ0) is 42.9. The molecule has 2 bridgehead atoms. The minimum Gasteiger partial charge on any atom is -0.497 e. The molecule has 3 fully saturated rings. The van der Waals surface area contributed by atoms with Gasteiger partial charge in [-0.3, -0.25) is 4.98 Å². The Kier molecular flexibility index (Phi) is 10.6. The van der Waals surface area contributed by atoms with Gasteiger partial charge in [0.25, 0.3) is 0 Å². The van der Waals surface area contributed by atoms with Gasteiger partial charge in [0.1, 0.15) is 24.4 Å². The maximum atomic E-state index is 14.0. The molecule has 0 spiro atoms. The van der Waals surface area contributed by atoms with E-state index in [-0.39, 0.29) is 51.7 Å². The first-order valence-corrected chi connectivity index (χ1v) is 18.3. The average Bonchev–Trinajstić information content (AvgIpc) is 3.18. The summed E-state index contributed by atoms with van der Waals surface area (Å²) in [5.41, 5.74) is -7.23. The van der Waals surface area contributed by atoms with Gasteiger partial charge in [-0.2, -0.15) is 52.7 Å². The van der Waals surface area contributed by atoms with E-state index in [0.717, 1.165) is 6.07 Å². The maximum Gasteiger partial charge on any atom is 0.416 e. The van der Waals surface area contributed by atoms with E-state index in [1.54, 1.807) is 30.3 Å². The fourth-order valence-electron chi connectivity index (χ4n) is 8.84. The van der Waals surface area contributed by atoms with Gasteiger partial charge < -0.3 is 14.3 Å². The molecular formula is C43H35F12N2O2+. The molecule has 0 saturated carbocycles. The van der Waals surface area contributed by atoms with Gasteiger partial charge in [0, 0.05) is 35.9 Å². The number of aromatic nitrogens is 1. The number of alkyl halides is 12. The number of pyridine rings is 1. The first kappa shape index (κ1) is 42.0. The third kappa shape index (κ3) is 8.38. The molecular weight excluding hydrogens is 804 g/mol. The first-order chi connectivity index (χ1) is 27.5. The molecule has 3 unspecified atom stereocenters. The minimum atomic E-state index is -5.25. The van der Waals surface area contributed by atoms with Gasteiger partial charge in [-0.15, -0.1) is 6.58 Å². The molecule has 16 heteroatoms. The first-order valence-electron chi connectivity index (χ1n) is 18.3. The Morgan fingerprint density at radius 2 is 1.24 bits per heavy atom. The highest BCUT2D eigenvalue weighted by Gasteiger charge is 2.54. The van der Waals surface area contributed by atoms with Crippen LogP contribution in [0.15, 0.2) is 97.7 Å². The third-order valence-electron chi connectivity index (χ3n) is 11.7. The highest BCUT2D eigenvalue weighted by atomic mass is 19.4. The second kappa shape index (κ2) is 14.9. The van der Waals surface area contributed by atoms with Crippen LogP contribution in [0.5, 0.6) is 5.75 Å². The number of rotatable bonds is 8. The molecule has 4 aromatic carbocycles. The number of fused-ring (bicyclic) bond motifs is 4. The normalized spacial score (nSPS) is 21.8. The lowest BCUT2D eigenvalue weighted by Gasteiger charge is -2.58. The number of hydrogen-bond acceptors (Lipinski definition) is 3. The lowest BCUT2D eigenvalue weighted by atomic mass is 9.71. The molecule has 312 valence electrons. The van der Waals surface area contributed by atoms with Crippen LogP contribution >= 0.6 is 0 Å². The lowest BCUT2D eigenvalue weighted by Crippen LogP contribution is -2.67. The summed E-state index contributed by atoms with van der Waals surface area (Å²) in [7, 11) is 1.48. The maximum absolute atomic E-state index is 14.0. The molecule has 59 heavy (non-hydrogen) atoms. The minimum absolute atomic E-state index is 0.0534. The van der Waals surface area contributed by atoms with E-state index < -0.39 is 70.2 Å². The van der Waals surface area contributed by atoms with Crippen molar-refractivity contribution >= 4 is 10.9 Å². The molecule has 8 rings (SSSR count). The molecule has 1 aromatic heterocycles. The lowest BCUT2D eigenvalue weighted by molar-refractivity contribution is -0.984. The second-order valence-corrected chi connectivity index (χ2v) is 15.3. The van der Waals surface area contributed by atoms with E-state index in [9.17, 15) is 57.8 Å². The smallest absolute Gasteiger partial charge is 0.416 e. The zero-order valence-electron chi connectivity index (χ0n) is 31.0. The number of aliphatic hydroxyl groups excluding tert-OH is 1. The molecule has 0 radical (unpaired) electrons. The number of piperidine rings is 3. The van der Waals surface area contributed by atoms with Crippen LogP contribution in [0.4, 0.5) is 52.7 Å². The predicted octanol–water partition coefficient (Wildman–Crippen LogP) is 12.3. The summed E-state index contributed by atoms with van der Waals surface area (Å²) in [5, 5.41) is 12.9.